The van der Waals surface area contributed by atoms with E-state index in [4.69, 9.17) is 14.2 Å². The number of carbonyl (C=O) groups excluding carboxylic acids is 2. The fourth-order valence-electron chi connectivity index (χ4n) is 2.71. The normalized spacial score (nSPS) is 12.1. The maximum Gasteiger partial charge on any atom is 0.410 e. The number of aliphatic hydroxyl groups excluding tert-OH is 1. The number of carbonyl (C=O) groups is 2. The number of hydrogen-bond acceptors (Lipinski definition) is 6. The number of hydrogen-bond donors (Lipinski definition) is 1. The molecule has 1 atom stereocenters. The molecule has 0 radical (unpaired) electrons. The van der Waals surface area contributed by atoms with Gasteiger partial charge in [-0.05, 0) is 44.5 Å². The topological polar surface area (TPSA) is 85.3 Å². The average Bonchev–Trinajstić information content (AvgIpc) is 2.67. The third-order valence-electron chi connectivity index (χ3n) is 4.18. The van der Waals surface area contributed by atoms with Gasteiger partial charge in [-0.3, -0.25) is 4.79 Å². The van der Waals surface area contributed by atoms with E-state index >= 15 is 0 Å². The highest BCUT2D eigenvalue weighted by atomic mass is 16.6. The fraction of sp³-hybridized carbons (Fsp3) is 0.391. The zero-order valence-electron chi connectivity index (χ0n) is 18.0. The smallest absolute Gasteiger partial charge is 0.410 e. The van der Waals surface area contributed by atoms with Gasteiger partial charge in [0.1, 0.15) is 17.1 Å². The quantitative estimate of drug-likeness (QED) is 0.548. The summed E-state index contributed by atoms with van der Waals surface area (Å²) in [5, 5.41) is 10.4. The maximum absolute atomic E-state index is 12.2. The highest BCUT2D eigenvalue weighted by molar-refractivity contribution is 5.76. The van der Waals surface area contributed by atoms with E-state index in [1.165, 1.54) is 4.90 Å². The van der Waals surface area contributed by atoms with Crippen LogP contribution < -0.4 is 9.47 Å². The highest BCUT2D eigenvalue weighted by Gasteiger charge is 2.22. The first-order chi connectivity index (χ1) is 14.1. The number of para-hydroxylation sites is 1. The molecular weight excluding hydrogens is 386 g/mol. The SMILES string of the molecule is COc1ccccc1CC(=O)Oc1ccc(C(O)CN(C)C(=O)OC(C)(C)C)cc1. The van der Waals surface area contributed by atoms with Gasteiger partial charge < -0.3 is 24.2 Å². The molecule has 30 heavy (non-hydrogen) atoms. The number of ether oxygens (including phenoxy) is 3. The maximum atomic E-state index is 12.2. The number of amides is 1. The molecule has 0 fully saturated rings. The lowest BCUT2D eigenvalue weighted by molar-refractivity contribution is -0.133. The van der Waals surface area contributed by atoms with E-state index in [1.54, 1.807) is 71.3 Å². The Balaban J connectivity index is 1.92. The molecule has 0 bridgehead atoms. The Morgan fingerprint density at radius 1 is 1.07 bits per heavy atom. The molecule has 2 aromatic rings. The van der Waals surface area contributed by atoms with Gasteiger partial charge >= 0.3 is 12.1 Å². The number of methoxy groups -OCH3 is 1. The zero-order chi connectivity index (χ0) is 22.3. The predicted molar refractivity (Wildman–Crippen MR) is 113 cm³/mol. The predicted octanol–water partition coefficient (Wildman–Crippen LogP) is 3.74. The third-order valence-corrected chi connectivity index (χ3v) is 4.18. The van der Waals surface area contributed by atoms with Crippen molar-refractivity contribution in [2.24, 2.45) is 0 Å². The molecule has 0 saturated carbocycles. The van der Waals surface area contributed by atoms with E-state index in [1.807, 2.05) is 12.1 Å². The molecule has 1 unspecified atom stereocenters. The van der Waals surface area contributed by atoms with Gasteiger partial charge in [0.05, 0.1) is 26.2 Å². The van der Waals surface area contributed by atoms with Gasteiger partial charge in [-0.2, -0.15) is 0 Å². The molecule has 2 aromatic carbocycles. The van der Waals surface area contributed by atoms with Crippen LogP contribution in [0.15, 0.2) is 48.5 Å². The van der Waals surface area contributed by atoms with Crippen LogP contribution in [-0.2, 0) is 16.0 Å². The van der Waals surface area contributed by atoms with Crippen LogP contribution in [-0.4, -0.2) is 48.4 Å². The van der Waals surface area contributed by atoms with Crippen LogP contribution in [0.4, 0.5) is 4.79 Å². The van der Waals surface area contributed by atoms with Crippen molar-refractivity contribution >= 4 is 12.1 Å². The van der Waals surface area contributed by atoms with Crippen LogP contribution in [0.25, 0.3) is 0 Å². The lowest BCUT2D eigenvalue weighted by Crippen LogP contribution is -2.36. The van der Waals surface area contributed by atoms with Crippen LogP contribution in [0, 0.1) is 0 Å². The van der Waals surface area contributed by atoms with Gasteiger partial charge in [-0.1, -0.05) is 30.3 Å². The minimum atomic E-state index is -0.902. The molecule has 0 aliphatic carbocycles. The summed E-state index contributed by atoms with van der Waals surface area (Å²) in [6.07, 6.45) is -1.33. The van der Waals surface area contributed by atoms with Gasteiger partial charge in [0.15, 0.2) is 0 Å². The van der Waals surface area contributed by atoms with Crippen molar-refractivity contribution in [1.29, 1.82) is 0 Å². The number of benzene rings is 2. The molecule has 0 aliphatic heterocycles. The van der Waals surface area contributed by atoms with Gasteiger partial charge in [0, 0.05) is 12.6 Å². The molecule has 1 N–H and O–H groups in total. The summed E-state index contributed by atoms with van der Waals surface area (Å²) in [6, 6.07) is 13.8. The second-order valence-corrected chi connectivity index (χ2v) is 7.91. The van der Waals surface area contributed by atoms with Crippen molar-refractivity contribution in [3.8, 4) is 11.5 Å². The highest BCUT2D eigenvalue weighted by Crippen LogP contribution is 2.21. The summed E-state index contributed by atoms with van der Waals surface area (Å²) in [6.45, 7) is 5.41. The average molecular weight is 415 g/mol. The lowest BCUT2D eigenvalue weighted by atomic mass is 10.1. The number of likely N-dealkylation sites (N-methyl/N-ethyl adjacent to an activating group) is 1. The van der Waals surface area contributed by atoms with Gasteiger partial charge in [-0.25, -0.2) is 4.79 Å². The number of esters is 1. The number of nitrogens with zero attached hydrogens (tertiary/aromatic N) is 1. The molecule has 162 valence electrons. The van der Waals surface area contributed by atoms with Crippen molar-refractivity contribution < 1.29 is 28.9 Å². The minimum absolute atomic E-state index is 0.0713. The molecule has 7 heteroatoms. The first-order valence-electron chi connectivity index (χ1n) is 9.64. The molecule has 7 nitrogen and oxygen atoms in total. The van der Waals surface area contributed by atoms with Gasteiger partial charge in [0.25, 0.3) is 0 Å². The van der Waals surface area contributed by atoms with Crippen LogP contribution in [0.5, 0.6) is 11.5 Å². The van der Waals surface area contributed by atoms with Crippen molar-refractivity contribution in [1.82, 2.24) is 4.90 Å². The fourth-order valence-corrected chi connectivity index (χ4v) is 2.71. The van der Waals surface area contributed by atoms with E-state index < -0.39 is 23.8 Å². The van der Waals surface area contributed by atoms with Crippen LogP contribution in [0.2, 0.25) is 0 Å². The Bertz CT molecular complexity index is 857. The summed E-state index contributed by atoms with van der Waals surface area (Å²) in [5.41, 5.74) is 0.725. The van der Waals surface area contributed by atoms with Gasteiger partial charge in [-0.15, -0.1) is 0 Å². The molecule has 0 aromatic heterocycles. The van der Waals surface area contributed by atoms with Crippen LogP contribution in [0.1, 0.15) is 38.0 Å². The molecule has 2 rings (SSSR count). The van der Waals surface area contributed by atoms with E-state index in [0.717, 1.165) is 5.56 Å². The summed E-state index contributed by atoms with van der Waals surface area (Å²) in [4.78, 5) is 25.6. The summed E-state index contributed by atoms with van der Waals surface area (Å²) in [5.74, 6) is 0.575. The zero-order valence-corrected chi connectivity index (χ0v) is 18.0. The van der Waals surface area contributed by atoms with E-state index in [-0.39, 0.29) is 13.0 Å². The first kappa shape index (κ1) is 23.2. The molecule has 0 saturated heterocycles. The van der Waals surface area contributed by atoms with E-state index in [2.05, 4.69) is 0 Å². The first-order valence-corrected chi connectivity index (χ1v) is 9.64. The second kappa shape index (κ2) is 10.1. The van der Waals surface area contributed by atoms with Crippen LogP contribution in [0.3, 0.4) is 0 Å². The minimum Gasteiger partial charge on any atom is -0.496 e. The lowest BCUT2D eigenvalue weighted by Gasteiger charge is -2.26. The summed E-state index contributed by atoms with van der Waals surface area (Å²) in [7, 11) is 3.11. The Hall–Kier alpha value is -3.06. The van der Waals surface area contributed by atoms with E-state index in [9.17, 15) is 14.7 Å². The standard InChI is InChI=1S/C23H29NO6/c1-23(2,3)30-22(27)24(4)15-19(25)16-10-12-18(13-11-16)29-21(26)14-17-8-6-7-9-20(17)28-5/h6-13,19,25H,14-15H2,1-5H3. The van der Waals surface area contributed by atoms with Crippen molar-refractivity contribution in [2.75, 3.05) is 20.7 Å². The largest absolute Gasteiger partial charge is 0.496 e. The van der Waals surface area contributed by atoms with Crippen molar-refractivity contribution in [3.05, 3.63) is 59.7 Å². The van der Waals surface area contributed by atoms with Crippen molar-refractivity contribution in [2.45, 2.75) is 38.9 Å². The monoisotopic (exact) mass is 415 g/mol. The van der Waals surface area contributed by atoms with Crippen molar-refractivity contribution in [3.63, 3.8) is 0 Å². The summed E-state index contributed by atoms with van der Waals surface area (Å²) < 4.78 is 15.9. The van der Waals surface area contributed by atoms with Crippen LogP contribution >= 0.6 is 0 Å². The Kier molecular flexibility index (Phi) is 7.83. The Labute approximate surface area is 177 Å². The number of aliphatic hydroxyl groups is 1. The molecule has 0 spiro atoms. The molecule has 0 aliphatic rings. The Morgan fingerprint density at radius 3 is 2.30 bits per heavy atom. The molecular formula is C23H29NO6. The Morgan fingerprint density at radius 2 is 1.70 bits per heavy atom. The van der Waals surface area contributed by atoms with E-state index in [0.29, 0.717) is 17.1 Å². The second-order valence-electron chi connectivity index (χ2n) is 7.91. The third kappa shape index (κ3) is 7.08. The molecule has 1 amide bonds. The molecule has 0 heterocycles. The number of rotatable bonds is 7. The van der Waals surface area contributed by atoms with Gasteiger partial charge in [0.2, 0.25) is 0 Å². The summed E-state index contributed by atoms with van der Waals surface area (Å²) >= 11 is 0.